The number of aromatic nitrogens is 2. The molecule has 0 aliphatic carbocycles. The molecule has 0 bridgehead atoms. The van der Waals surface area contributed by atoms with Crippen LogP contribution in [0.25, 0.3) is 0 Å². The molecule has 4 nitrogen and oxygen atoms in total. The quantitative estimate of drug-likeness (QED) is 0.709. The van der Waals surface area contributed by atoms with Crippen LogP contribution in [0, 0.1) is 0 Å². The molecule has 0 saturated carbocycles. The highest BCUT2D eigenvalue weighted by Gasteiger charge is 2.23. The second-order valence-corrected chi connectivity index (χ2v) is 4.07. The molecule has 1 aliphatic heterocycles. The Balaban J connectivity index is 2.02. The van der Waals surface area contributed by atoms with Crippen LogP contribution >= 0.6 is 0 Å². The van der Waals surface area contributed by atoms with Crippen LogP contribution < -0.4 is 0 Å². The van der Waals surface area contributed by atoms with E-state index in [-0.39, 0.29) is 5.91 Å². The molecule has 86 valence electrons. The van der Waals surface area contributed by atoms with Gasteiger partial charge in [-0.2, -0.15) is 5.10 Å². The lowest BCUT2D eigenvalue weighted by Crippen LogP contribution is -2.40. The Morgan fingerprint density at radius 3 is 3.12 bits per heavy atom. The molecule has 1 aromatic rings. The van der Waals surface area contributed by atoms with Gasteiger partial charge in [-0.15, -0.1) is 0 Å². The second kappa shape index (κ2) is 4.96. The Labute approximate surface area is 95.5 Å². The van der Waals surface area contributed by atoms with Crippen molar-refractivity contribution < 1.29 is 4.79 Å². The number of allylic oxidation sites excluding steroid dienone is 1. The van der Waals surface area contributed by atoms with E-state index in [2.05, 4.69) is 5.10 Å². The number of carbonyl (C=O) groups excluding carboxylic acids is 1. The Bertz CT molecular complexity index is 370. The summed E-state index contributed by atoms with van der Waals surface area (Å²) in [6.45, 7) is 3.50. The van der Waals surface area contributed by atoms with E-state index in [1.54, 1.807) is 18.3 Å². The number of hydrogen-bond donors (Lipinski definition) is 0. The van der Waals surface area contributed by atoms with Gasteiger partial charge in [0.25, 0.3) is 0 Å². The Kier molecular flexibility index (Phi) is 3.39. The fourth-order valence-corrected chi connectivity index (χ4v) is 2.12. The first-order chi connectivity index (χ1) is 7.81. The van der Waals surface area contributed by atoms with Crippen LogP contribution in [0.15, 0.2) is 30.6 Å². The number of rotatable bonds is 2. The maximum Gasteiger partial charge on any atom is 0.246 e. The number of nitrogens with zero attached hydrogens (tertiary/aromatic N) is 3. The van der Waals surface area contributed by atoms with Crippen molar-refractivity contribution in [3.63, 3.8) is 0 Å². The molecule has 1 amide bonds. The summed E-state index contributed by atoms with van der Waals surface area (Å²) in [6, 6.07) is 2.25. The molecule has 0 aromatic carbocycles. The molecule has 0 spiro atoms. The highest BCUT2D eigenvalue weighted by atomic mass is 16.2. The van der Waals surface area contributed by atoms with E-state index in [1.165, 1.54) is 0 Å². The molecular formula is C12H17N3O. The summed E-state index contributed by atoms with van der Waals surface area (Å²) >= 11 is 0. The Morgan fingerprint density at radius 1 is 1.56 bits per heavy atom. The van der Waals surface area contributed by atoms with Gasteiger partial charge in [-0.25, -0.2) is 0 Å². The highest BCUT2D eigenvalue weighted by Crippen LogP contribution is 2.20. The summed E-state index contributed by atoms with van der Waals surface area (Å²) in [5, 5.41) is 4.24. The monoisotopic (exact) mass is 219 g/mol. The summed E-state index contributed by atoms with van der Waals surface area (Å²) in [5.41, 5.74) is 0. The molecule has 0 radical (unpaired) electrons. The molecule has 2 heterocycles. The smallest absolute Gasteiger partial charge is 0.246 e. The zero-order valence-electron chi connectivity index (χ0n) is 9.54. The van der Waals surface area contributed by atoms with Crippen LogP contribution in [0.4, 0.5) is 0 Å². The van der Waals surface area contributed by atoms with Crippen molar-refractivity contribution >= 4 is 5.91 Å². The van der Waals surface area contributed by atoms with E-state index >= 15 is 0 Å². The number of amides is 1. The third kappa shape index (κ3) is 2.32. The van der Waals surface area contributed by atoms with Crippen molar-refractivity contribution in [2.45, 2.75) is 25.8 Å². The van der Waals surface area contributed by atoms with Crippen molar-refractivity contribution in [2.24, 2.45) is 0 Å². The van der Waals surface area contributed by atoms with Gasteiger partial charge in [0.05, 0.1) is 6.04 Å². The van der Waals surface area contributed by atoms with Gasteiger partial charge < -0.3 is 4.90 Å². The van der Waals surface area contributed by atoms with Gasteiger partial charge in [-0.05, 0) is 31.9 Å². The van der Waals surface area contributed by atoms with E-state index < -0.39 is 0 Å². The van der Waals surface area contributed by atoms with Gasteiger partial charge in [0, 0.05) is 25.5 Å². The molecule has 1 unspecified atom stereocenters. The third-order valence-electron chi connectivity index (χ3n) is 2.92. The normalized spacial score (nSPS) is 21.6. The third-order valence-corrected chi connectivity index (χ3v) is 2.92. The number of carbonyl (C=O) groups is 1. The van der Waals surface area contributed by atoms with Crippen LogP contribution in [0.5, 0.6) is 0 Å². The fourth-order valence-electron chi connectivity index (χ4n) is 2.12. The SMILES string of the molecule is C/C=C/C(=O)N1CCCC(n2cccn2)C1. The van der Waals surface area contributed by atoms with Gasteiger partial charge in [-0.3, -0.25) is 9.48 Å². The first-order valence-corrected chi connectivity index (χ1v) is 5.72. The lowest BCUT2D eigenvalue weighted by atomic mass is 10.1. The molecule has 1 aromatic heterocycles. The first-order valence-electron chi connectivity index (χ1n) is 5.72. The summed E-state index contributed by atoms with van der Waals surface area (Å²) in [6.07, 6.45) is 9.32. The maximum absolute atomic E-state index is 11.7. The van der Waals surface area contributed by atoms with E-state index in [1.807, 2.05) is 28.8 Å². The Morgan fingerprint density at radius 2 is 2.44 bits per heavy atom. The van der Waals surface area contributed by atoms with Crippen molar-refractivity contribution in [3.8, 4) is 0 Å². The van der Waals surface area contributed by atoms with E-state index in [0.717, 1.165) is 25.9 Å². The minimum Gasteiger partial charge on any atom is -0.337 e. The molecule has 16 heavy (non-hydrogen) atoms. The molecule has 4 heteroatoms. The van der Waals surface area contributed by atoms with Gasteiger partial charge in [0.2, 0.25) is 5.91 Å². The number of likely N-dealkylation sites (tertiary alicyclic amines) is 1. The van der Waals surface area contributed by atoms with Crippen molar-refractivity contribution in [2.75, 3.05) is 13.1 Å². The average molecular weight is 219 g/mol. The number of piperidine rings is 1. The van der Waals surface area contributed by atoms with E-state index in [9.17, 15) is 4.79 Å². The van der Waals surface area contributed by atoms with Crippen LogP contribution in [-0.2, 0) is 4.79 Å². The van der Waals surface area contributed by atoms with E-state index in [0.29, 0.717) is 6.04 Å². The lowest BCUT2D eigenvalue weighted by molar-refractivity contribution is -0.127. The number of hydrogen-bond acceptors (Lipinski definition) is 2. The summed E-state index contributed by atoms with van der Waals surface area (Å²) < 4.78 is 1.95. The highest BCUT2D eigenvalue weighted by molar-refractivity contribution is 5.87. The summed E-state index contributed by atoms with van der Waals surface area (Å²) in [4.78, 5) is 13.6. The molecule has 1 saturated heterocycles. The van der Waals surface area contributed by atoms with Crippen molar-refractivity contribution in [1.82, 2.24) is 14.7 Å². The van der Waals surface area contributed by atoms with Gasteiger partial charge in [0.15, 0.2) is 0 Å². The maximum atomic E-state index is 11.7. The topological polar surface area (TPSA) is 38.1 Å². The van der Waals surface area contributed by atoms with Crippen LogP contribution in [0.1, 0.15) is 25.8 Å². The summed E-state index contributed by atoms with van der Waals surface area (Å²) in [7, 11) is 0. The Hall–Kier alpha value is -1.58. The zero-order valence-corrected chi connectivity index (χ0v) is 9.54. The minimum absolute atomic E-state index is 0.111. The van der Waals surface area contributed by atoms with Gasteiger partial charge in [-0.1, -0.05) is 6.08 Å². The molecular weight excluding hydrogens is 202 g/mol. The molecule has 1 fully saturated rings. The van der Waals surface area contributed by atoms with Crippen LogP contribution in [-0.4, -0.2) is 33.7 Å². The molecule has 1 atom stereocenters. The molecule has 2 rings (SSSR count). The van der Waals surface area contributed by atoms with E-state index in [4.69, 9.17) is 0 Å². The predicted octanol–water partition coefficient (Wildman–Crippen LogP) is 1.62. The predicted molar refractivity (Wildman–Crippen MR) is 61.9 cm³/mol. The summed E-state index contributed by atoms with van der Waals surface area (Å²) in [5.74, 6) is 0.111. The van der Waals surface area contributed by atoms with Crippen LogP contribution in [0.3, 0.4) is 0 Å². The lowest BCUT2D eigenvalue weighted by Gasteiger charge is -2.32. The second-order valence-electron chi connectivity index (χ2n) is 4.07. The van der Waals surface area contributed by atoms with Gasteiger partial charge in [0.1, 0.15) is 0 Å². The molecule has 0 N–H and O–H groups in total. The van der Waals surface area contributed by atoms with Crippen molar-refractivity contribution in [1.29, 1.82) is 0 Å². The van der Waals surface area contributed by atoms with Crippen LogP contribution in [0.2, 0.25) is 0 Å². The largest absolute Gasteiger partial charge is 0.337 e. The van der Waals surface area contributed by atoms with Gasteiger partial charge >= 0.3 is 0 Å². The minimum atomic E-state index is 0.111. The standard InChI is InChI=1S/C12H17N3O/c1-2-5-12(16)14-8-3-6-11(10-14)15-9-4-7-13-15/h2,4-5,7,9,11H,3,6,8,10H2,1H3/b5-2+. The molecule has 1 aliphatic rings. The fraction of sp³-hybridized carbons (Fsp3) is 0.500. The first kappa shape index (κ1) is 10.9. The van der Waals surface area contributed by atoms with Crippen molar-refractivity contribution in [3.05, 3.63) is 30.6 Å². The zero-order chi connectivity index (χ0) is 11.4. The average Bonchev–Trinajstić information content (AvgIpc) is 2.83.